The fourth-order valence-corrected chi connectivity index (χ4v) is 2.71. The van der Waals surface area contributed by atoms with Crippen LogP contribution in [0.2, 0.25) is 5.02 Å². The fourth-order valence-electron chi connectivity index (χ4n) is 1.92. The van der Waals surface area contributed by atoms with Gasteiger partial charge in [0.15, 0.2) is 0 Å². The first kappa shape index (κ1) is 13.6. The van der Waals surface area contributed by atoms with Gasteiger partial charge in [-0.05, 0) is 37.6 Å². The Kier molecular flexibility index (Phi) is 4.10. The molecule has 0 fully saturated rings. The van der Waals surface area contributed by atoms with Gasteiger partial charge in [-0.1, -0.05) is 33.6 Å². The molecule has 0 saturated carbocycles. The second kappa shape index (κ2) is 5.43. The molecule has 0 aliphatic rings. The first-order chi connectivity index (χ1) is 8.50. The van der Waals surface area contributed by atoms with E-state index in [1.54, 1.807) is 6.20 Å². The maximum Gasteiger partial charge on any atom is 0.0737 e. The van der Waals surface area contributed by atoms with Gasteiger partial charge in [0, 0.05) is 21.7 Å². The molecular weight excluding hydrogens is 314 g/mol. The Morgan fingerprint density at radius 3 is 2.67 bits per heavy atom. The van der Waals surface area contributed by atoms with Crippen LogP contribution >= 0.6 is 27.5 Å². The van der Waals surface area contributed by atoms with Crippen LogP contribution in [0, 0.1) is 0 Å². The number of rotatable bonds is 3. The predicted molar refractivity (Wildman–Crippen MR) is 77.8 cm³/mol. The van der Waals surface area contributed by atoms with Gasteiger partial charge in [-0.3, -0.25) is 4.68 Å². The Morgan fingerprint density at radius 1 is 1.33 bits per heavy atom. The van der Waals surface area contributed by atoms with Gasteiger partial charge in [-0.2, -0.15) is 5.10 Å². The Balaban J connectivity index is 2.41. The normalized spacial score (nSPS) is 13.0. The van der Waals surface area contributed by atoms with Gasteiger partial charge in [0.25, 0.3) is 0 Å². The average molecular weight is 329 g/mol. The van der Waals surface area contributed by atoms with E-state index in [9.17, 15) is 0 Å². The first-order valence-corrected chi connectivity index (χ1v) is 6.91. The van der Waals surface area contributed by atoms with E-state index in [0.29, 0.717) is 5.02 Å². The molecular formula is C13H15BrClN3. The number of hydrogen-bond acceptors (Lipinski definition) is 2. The summed E-state index contributed by atoms with van der Waals surface area (Å²) >= 11 is 9.62. The van der Waals surface area contributed by atoms with E-state index in [2.05, 4.69) is 34.9 Å². The summed E-state index contributed by atoms with van der Waals surface area (Å²) in [6.45, 7) is 4.15. The summed E-state index contributed by atoms with van der Waals surface area (Å²) in [4.78, 5) is 0. The largest absolute Gasteiger partial charge is 0.319 e. The van der Waals surface area contributed by atoms with E-state index < -0.39 is 0 Å². The standard InChI is InChI=1S/C13H15BrClN3/c1-8(2)18-12(5-6-17-18)13(16)10-4-3-9(14)7-11(10)15/h3-8,13H,16H2,1-2H3. The third-order valence-electron chi connectivity index (χ3n) is 2.81. The Morgan fingerprint density at radius 2 is 2.06 bits per heavy atom. The minimum Gasteiger partial charge on any atom is -0.319 e. The molecule has 0 amide bonds. The molecule has 0 saturated heterocycles. The molecule has 2 N–H and O–H groups in total. The van der Waals surface area contributed by atoms with Crippen LogP contribution in [-0.4, -0.2) is 9.78 Å². The van der Waals surface area contributed by atoms with Gasteiger partial charge >= 0.3 is 0 Å². The van der Waals surface area contributed by atoms with Gasteiger partial charge in [0.2, 0.25) is 0 Å². The molecule has 1 unspecified atom stereocenters. The molecule has 0 bridgehead atoms. The van der Waals surface area contributed by atoms with Crippen LogP contribution < -0.4 is 5.73 Å². The molecule has 1 atom stereocenters. The van der Waals surface area contributed by atoms with Crippen LogP contribution in [0.1, 0.15) is 37.2 Å². The van der Waals surface area contributed by atoms with Crippen molar-refractivity contribution in [3.63, 3.8) is 0 Å². The molecule has 1 aromatic heterocycles. The maximum atomic E-state index is 6.29. The molecule has 96 valence electrons. The van der Waals surface area contributed by atoms with Crippen LogP contribution in [-0.2, 0) is 0 Å². The molecule has 3 nitrogen and oxygen atoms in total. The molecule has 5 heteroatoms. The molecule has 2 aromatic rings. The summed E-state index contributed by atoms with van der Waals surface area (Å²) in [6, 6.07) is 7.67. The third kappa shape index (κ3) is 2.60. The summed E-state index contributed by atoms with van der Waals surface area (Å²) in [5.41, 5.74) is 8.16. The highest BCUT2D eigenvalue weighted by Gasteiger charge is 2.17. The number of halogens is 2. The molecule has 1 aromatic carbocycles. The zero-order chi connectivity index (χ0) is 13.3. The van der Waals surface area contributed by atoms with E-state index in [1.807, 2.05) is 28.9 Å². The lowest BCUT2D eigenvalue weighted by Crippen LogP contribution is -2.19. The van der Waals surface area contributed by atoms with Crippen LogP contribution in [0.15, 0.2) is 34.9 Å². The quantitative estimate of drug-likeness (QED) is 0.928. The number of nitrogens with zero attached hydrogens (tertiary/aromatic N) is 2. The van der Waals surface area contributed by atoms with Crippen LogP contribution in [0.5, 0.6) is 0 Å². The van der Waals surface area contributed by atoms with Gasteiger partial charge in [-0.25, -0.2) is 0 Å². The lowest BCUT2D eigenvalue weighted by atomic mass is 10.0. The zero-order valence-electron chi connectivity index (χ0n) is 10.3. The number of aromatic nitrogens is 2. The van der Waals surface area contributed by atoms with E-state index in [4.69, 9.17) is 17.3 Å². The summed E-state index contributed by atoms with van der Waals surface area (Å²) in [5.74, 6) is 0. The van der Waals surface area contributed by atoms with Crippen molar-refractivity contribution in [3.8, 4) is 0 Å². The SMILES string of the molecule is CC(C)n1nccc1C(N)c1ccc(Br)cc1Cl. The summed E-state index contributed by atoms with van der Waals surface area (Å²) in [5, 5.41) is 4.95. The molecule has 18 heavy (non-hydrogen) atoms. The van der Waals surface area contributed by atoms with Crippen LogP contribution in [0.25, 0.3) is 0 Å². The molecule has 2 rings (SSSR count). The lowest BCUT2D eigenvalue weighted by molar-refractivity contribution is 0.499. The number of benzene rings is 1. The van der Waals surface area contributed by atoms with E-state index in [1.165, 1.54) is 0 Å². The number of nitrogens with two attached hydrogens (primary N) is 1. The first-order valence-electron chi connectivity index (χ1n) is 5.74. The van der Waals surface area contributed by atoms with Crippen molar-refractivity contribution in [1.82, 2.24) is 9.78 Å². The smallest absolute Gasteiger partial charge is 0.0737 e. The summed E-state index contributed by atoms with van der Waals surface area (Å²) in [6.07, 6.45) is 1.77. The molecule has 0 spiro atoms. The van der Waals surface area contributed by atoms with Gasteiger partial charge in [0.1, 0.15) is 0 Å². The van der Waals surface area contributed by atoms with Crippen molar-refractivity contribution in [2.75, 3.05) is 0 Å². The Labute approximate surface area is 120 Å². The molecule has 1 heterocycles. The van der Waals surface area contributed by atoms with Gasteiger partial charge in [-0.15, -0.1) is 0 Å². The molecule has 0 aliphatic heterocycles. The highest BCUT2D eigenvalue weighted by molar-refractivity contribution is 9.10. The van der Waals surface area contributed by atoms with Crippen molar-refractivity contribution in [3.05, 3.63) is 51.2 Å². The van der Waals surface area contributed by atoms with E-state index >= 15 is 0 Å². The summed E-state index contributed by atoms with van der Waals surface area (Å²) < 4.78 is 2.86. The lowest BCUT2D eigenvalue weighted by Gasteiger charge is -2.18. The van der Waals surface area contributed by atoms with E-state index in [-0.39, 0.29) is 12.1 Å². The Bertz CT molecular complexity index is 551. The van der Waals surface area contributed by atoms with Crippen LogP contribution in [0.4, 0.5) is 0 Å². The van der Waals surface area contributed by atoms with Crippen molar-refractivity contribution < 1.29 is 0 Å². The average Bonchev–Trinajstić information content (AvgIpc) is 2.77. The van der Waals surface area contributed by atoms with Crippen molar-refractivity contribution >= 4 is 27.5 Å². The molecule has 0 radical (unpaired) electrons. The van der Waals surface area contributed by atoms with Crippen LogP contribution in [0.3, 0.4) is 0 Å². The van der Waals surface area contributed by atoms with Gasteiger partial charge < -0.3 is 5.73 Å². The summed E-state index contributed by atoms with van der Waals surface area (Å²) in [7, 11) is 0. The second-order valence-corrected chi connectivity index (χ2v) is 5.76. The topological polar surface area (TPSA) is 43.8 Å². The minimum atomic E-state index is -0.268. The monoisotopic (exact) mass is 327 g/mol. The predicted octanol–water partition coefficient (Wildman–Crippen LogP) is 3.93. The fraction of sp³-hybridized carbons (Fsp3) is 0.308. The number of hydrogen-bond donors (Lipinski definition) is 1. The molecule has 0 aliphatic carbocycles. The van der Waals surface area contributed by atoms with E-state index in [0.717, 1.165) is 15.7 Å². The van der Waals surface area contributed by atoms with Crippen molar-refractivity contribution in [2.24, 2.45) is 5.73 Å². The highest BCUT2D eigenvalue weighted by atomic mass is 79.9. The zero-order valence-corrected chi connectivity index (χ0v) is 12.6. The maximum absolute atomic E-state index is 6.29. The highest BCUT2D eigenvalue weighted by Crippen LogP contribution is 2.29. The van der Waals surface area contributed by atoms with Crippen molar-refractivity contribution in [2.45, 2.75) is 25.9 Å². The van der Waals surface area contributed by atoms with Crippen molar-refractivity contribution in [1.29, 1.82) is 0 Å². The minimum absolute atomic E-state index is 0.268. The third-order valence-corrected chi connectivity index (χ3v) is 3.63. The van der Waals surface area contributed by atoms with Gasteiger partial charge in [0.05, 0.1) is 11.7 Å². The second-order valence-electron chi connectivity index (χ2n) is 4.44. The Hall–Kier alpha value is -0.840.